The summed E-state index contributed by atoms with van der Waals surface area (Å²) in [6.07, 6.45) is 0.199. The van der Waals surface area contributed by atoms with Crippen LogP contribution in [0.2, 0.25) is 0 Å². The number of esters is 2. The Labute approximate surface area is 172 Å². The summed E-state index contributed by atoms with van der Waals surface area (Å²) < 4.78 is 10.4. The summed E-state index contributed by atoms with van der Waals surface area (Å²) in [5.41, 5.74) is 1.80. The Morgan fingerprint density at radius 2 is 1.38 bits per heavy atom. The molecule has 0 spiro atoms. The molecule has 0 saturated carbocycles. The van der Waals surface area contributed by atoms with Crippen LogP contribution in [0.15, 0.2) is 65.7 Å². The molecule has 0 N–H and O–H groups in total. The number of hydrogen-bond acceptors (Lipinski definition) is 5. The van der Waals surface area contributed by atoms with Crippen molar-refractivity contribution in [2.45, 2.75) is 45.8 Å². The summed E-state index contributed by atoms with van der Waals surface area (Å²) >= 11 is 0. The molecule has 29 heavy (non-hydrogen) atoms. The van der Waals surface area contributed by atoms with Crippen LogP contribution in [0.3, 0.4) is 0 Å². The predicted molar refractivity (Wildman–Crippen MR) is 114 cm³/mol. The second-order valence-electron chi connectivity index (χ2n) is 7.92. The van der Waals surface area contributed by atoms with Crippen LogP contribution in [-0.4, -0.2) is 36.4 Å². The van der Waals surface area contributed by atoms with Gasteiger partial charge in [-0.2, -0.15) is 0 Å². The van der Waals surface area contributed by atoms with Gasteiger partial charge in [0.25, 0.3) is 0 Å². The first-order valence-corrected chi connectivity index (χ1v) is 9.70. The molecule has 0 heterocycles. The predicted octanol–water partition coefficient (Wildman–Crippen LogP) is 4.43. The lowest BCUT2D eigenvalue weighted by molar-refractivity contribution is -0.157. The molecule has 0 aliphatic heterocycles. The first-order chi connectivity index (χ1) is 13.7. The fraction of sp³-hybridized carbons (Fsp3) is 0.375. The first-order valence-electron chi connectivity index (χ1n) is 9.70. The highest BCUT2D eigenvalue weighted by Crippen LogP contribution is 2.20. The fourth-order valence-corrected chi connectivity index (χ4v) is 2.87. The van der Waals surface area contributed by atoms with E-state index in [0.717, 1.165) is 11.1 Å². The third-order valence-corrected chi connectivity index (χ3v) is 4.24. The molecule has 0 radical (unpaired) electrons. The zero-order valence-corrected chi connectivity index (χ0v) is 17.7. The van der Waals surface area contributed by atoms with Gasteiger partial charge in [-0.25, -0.2) is 4.79 Å². The maximum atomic E-state index is 12.9. The van der Waals surface area contributed by atoms with Crippen LogP contribution in [0, 0.1) is 5.92 Å². The summed E-state index contributed by atoms with van der Waals surface area (Å²) in [5, 5.41) is 0. The molecule has 2 atom stereocenters. The average molecular weight is 395 g/mol. The number of aliphatic imine (C=N–C) groups is 1. The van der Waals surface area contributed by atoms with E-state index in [4.69, 9.17) is 14.5 Å². The highest BCUT2D eigenvalue weighted by atomic mass is 16.6. The van der Waals surface area contributed by atoms with Crippen molar-refractivity contribution in [2.24, 2.45) is 10.9 Å². The topological polar surface area (TPSA) is 65.0 Å². The summed E-state index contributed by atoms with van der Waals surface area (Å²) in [5.74, 6) is -1.33. The third-order valence-electron chi connectivity index (χ3n) is 4.24. The van der Waals surface area contributed by atoms with Gasteiger partial charge < -0.3 is 9.47 Å². The second-order valence-corrected chi connectivity index (χ2v) is 7.92. The highest BCUT2D eigenvalue weighted by Gasteiger charge is 2.29. The SMILES string of the molecule is COC(=O)C(C)CC(N=C(c1ccccc1)c1ccccc1)C(=O)OC(C)(C)C. The minimum atomic E-state index is -0.835. The van der Waals surface area contributed by atoms with E-state index in [1.807, 2.05) is 81.4 Å². The van der Waals surface area contributed by atoms with E-state index in [9.17, 15) is 9.59 Å². The summed E-state index contributed by atoms with van der Waals surface area (Å²) in [6.45, 7) is 7.16. The molecular weight excluding hydrogens is 366 g/mol. The molecule has 154 valence electrons. The average Bonchev–Trinajstić information content (AvgIpc) is 2.70. The maximum Gasteiger partial charge on any atom is 0.331 e. The van der Waals surface area contributed by atoms with E-state index in [1.165, 1.54) is 7.11 Å². The molecule has 2 aromatic rings. The lowest BCUT2D eigenvalue weighted by Gasteiger charge is -2.24. The van der Waals surface area contributed by atoms with E-state index in [1.54, 1.807) is 6.92 Å². The number of ether oxygens (including phenoxy) is 2. The van der Waals surface area contributed by atoms with E-state index in [-0.39, 0.29) is 12.4 Å². The van der Waals surface area contributed by atoms with Crippen LogP contribution in [-0.2, 0) is 19.1 Å². The monoisotopic (exact) mass is 395 g/mol. The Balaban J connectivity index is 2.50. The largest absolute Gasteiger partial charge is 0.469 e. The van der Waals surface area contributed by atoms with Crippen molar-refractivity contribution in [3.63, 3.8) is 0 Å². The Kier molecular flexibility index (Phi) is 7.71. The molecule has 0 aromatic heterocycles. The van der Waals surface area contributed by atoms with Crippen molar-refractivity contribution in [3.8, 4) is 0 Å². The second kappa shape index (κ2) is 10.0. The van der Waals surface area contributed by atoms with E-state index in [2.05, 4.69) is 0 Å². The van der Waals surface area contributed by atoms with Gasteiger partial charge in [-0.3, -0.25) is 9.79 Å². The number of rotatable bonds is 7. The smallest absolute Gasteiger partial charge is 0.331 e. The first kappa shape index (κ1) is 22.3. The van der Waals surface area contributed by atoms with Crippen LogP contribution in [0.4, 0.5) is 0 Å². The van der Waals surface area contributed by atoms with Gasteiger partial charge in [0.1, 0.15) is 11.6 Å². The highest BCUT2D eigenvalue weighted by molar-refractivity contribution is 6.13. The summed E-state index contributed by atoms with van der Waals surface area (Å²) in [6, 6.07) is 18.5. The molecule has 0 saturated heterocycles. The van der Waals surface area contributed by atoms with Gasteiger partial charge in [0, 0.05) is 11.1 Å². The Morgan fingerprint density at radius 3 is 1.79 bits per heavy atom. The van der Waals surface area contributed by atoms with E-state index >= 15 is 0 Å². The summed E-state index contributed by atoms with van der Waals surface area (Å²) in [4.78, 5) is 29.7. The molecule has 0 aliphatic carbocycles. The van der Waals surface area contributed by atoms with E-state index in [0.29, 0.717) is 5.71 Å². The number of methoxy groups -OCH3 is 1. The van der Waals surface area contributed by atoms with Crippen molar-refractivity contribution >= 4 is 17.7 Å². The van der Waals surface area contributed by atoms with Crippen molar-refractivity contribution in [1.82, 2.24) is 0 Å². The molecule has 5 nitrogen and oxygen atoms in total. The standard InChI is InChI=1S/C24H29NO4/c1-17(22(26)28-5)16-20(23(27)29-24(2,3)4)25-21(18-12-8-6-9-13-18)19-14-10-7-11-15-19/h6-15,17,20H,16H2,1-5H3. The Morgan fingerprint density at radius 1 is 0.897 bits per heavy atom. The zero-order valence-electron chi connectivity index (χ0n) is 17.7. The van der Waals surface area contributed by atoms with Crippen molar-refractivity contribution < 1.29 is 19.1 Å². The molecule has 2 aromatic carbocycles. The van der Waals surface area contributed by atoms with Crippen LogP contribution < -0.4 is 0 Å². The van der Waals surface area contributed by atoms with Crippen LogP contribution >= 0.6 is 0 Å². The number of benzene rings is 2. The molecular formula is C24H29NO4. The van der Waals surface area contributed by atoms with Crippen molar-refractivity contribution in [3.05, 3.63) is 71.8 Å². The lowest BCUT2D eigenvalue weighted by atomic mass is 9.99. The van der Waals surface area contributed by atoms with Gasteiger partial charge in [0.2, 0.25) is 0 Å². The number of carbonyl (C=O) groups is 2. The molecule has 0 amide bonds. The fourth-order valence-electron chi connectivity index (χ4n) is 2.87. The lowest BCUT2D eigenvalue weighted by Crippen LogP contribution is -2.34. The quantitative estimate of drug-likeness (QED) is 0.514. The van der Waals surface area contributed by atoms with Crippen LogP contribution in [0.5, 0.6) is 0 Å². The van der Waals surface area contributed by atoms with Gasteiger partial charge in [-0.15, -0.1) is 0 Å². The van der Waals surface area contributed by atoms with Gasteiger partial charge in [-0.1, -0.05) is 67.6 Å². The van der Waals surface area contributed by atoms with Gasteiger partial charge >= 0.3 is 11.9 Å². The van der Waals surface area contributed by atoms with Crippen LogP contribution in [0.1, 0.15) is 45.2 Å². The number of hydrogen-bond donors (Lipinski definition) is 0. The minimum absolute atomic E-state index is 0.199. The molecule has 0 aliphatic rings. The van der Waals surface area contributed by atoms with Gasteiger partial charge in [0.05, 0.1) is 18.7 Å². The number of nitrogens with zero attached hydrogens (tertiary/aromatic N) is 1. The minimum Gasteiger partial charge on any atom is -0.469 e. The molecule has 0 fully saturated rings. The molecule has 2 rings (SSSR count). The maximum absolute atomic E-state index is 12.9. The van der Waals surface area contributed by atoms with E-state index < -0.39 is 23.5 Å². The van der Waals surface area contributed by atoms with Crippen molar-refractivity contribution in [2.75, 3.05) is 7.11 Å². The van der Waals surface area contributed by atoms with Gasteiger partial charge in [0.15, 0.2) is 0 Å². The summed E-state index contributed by atoms with van der Waals surface area (Å²) in [7, 11) is 1.34. The Hall–Kier alpha value is -2.95. The molecule has 0 bridgehead atoms. The normalized spacial score (nSPS) is 13.1. The van der Waals surface area contributed by atoms with Gasteiger partial charge in [-0.05, 0) is 27.2 Å². The van der Waals surface area contributed by atoms with Crippen LogP contribution in [0.25, 0.3) is 0 Å². The number of carbonyl (C=O) groups excluding carboxylic acids is 2. The van der Waals surface area contributed by atoms with Crippen molar-refractivity contribution in [1.29, 1.82) is 0 Å². The third kappa shape index (κ3) is 6.86. The molecule has 5 heteroatoms. The molecule has 2 unspecified atom stereocenters. The Bertz CT molecular complexity index is 797. The zero-order chi connectivity index (χ0) is 21.4.